The fourth-order valence-corrected chi connectivity index (χ4v) is 4.19. The highest BCUT2D eigenvalue weighted by Crippen LogP contribution is 2.26. The van der Waals surface area contributed by atoms with Gasteiger partial charge in [0.15, 0.2) is 5.78 Å². The van der Waals surface area contributed by atoms with Crippen LogP contribution in [0.3, 0.4) is 0 Å². The van der Waals surface area contributed by atoms with E-state index in [-0.39, 0.29) is 43.9 Å². The van der Waals surface area contributed by atoms with Crippen LogP contribution < -0.4 is 10.2 Å². The lowest BCUT2D eigenvalue weighted by molar-refractivity contribution is -0.142. The van der Waals surface area contributed by atoms with Crippen molar-refractivity contribution in [1.82, 2.24) is 0 Å². The molecule has 3 rings (SSSR count). The number of ketones is 1. The number of carboxylic acid groups (broad SMARTS) is 1. The Morgan fingerprint density at radius 3 is 2.08 bits per heavy atom. The number of carbonyl (C=O) groups excluding carboxylic acids is 2. The molecule has 3 aromatic rings. The minimum atomic E-state index is -1.01. The number of aliphatic hydroxyl groups is 1. The minimum absolute atomic E-state index is 0.0807. The van der Waals surface area contributed by atoms with E-state index in [0.717, 1.165) is 11.1 Å². The maximum Gasteiger partial charge on any atom is 0.326 e. The molecule has 0 aliphatic carbocycles. The number of urea groups is 1. The molecular formula is C30H34N2O6. The van der Waals surface area contributed by atoms with Gasteiger partial charge in [0.25, 0.3) is 0 Å². The van der Waals surface area contributed by atoms with Gasteiger partial charge in [-0.3, -0.25) is 14.5 Å². The molecule has 3 N–H and O–H groups in total. The Morgan fingerprint density at radius 2 is 1.53 bits per heavy atom. The Kier molecular flexibility index (Phi) is 10.2. The molecule has 8 heteroatoms. The lowest BCUT2D eigenvalue weighted by atomic mass is 9.94. The van der Waals surface area contributed by atoms with E-state index in [0.29, 0.717) is 22.5 Å². The third-order valence-corrected chi connectivity index (χ3v) is 6.28. The summed E-state index contributed by atoms with van der Waals surface area (Å²) in [4.78, 5) is 38.8. The number of hydrogen-bond donors (Lipinski definition) is 3. The number of aliphatic carboxylic acids is 1. The smallest absolute Gasteiger partial charge is 0.326 e. The molecule has 0 saturated heterocycles. The average Bonchev–Trinajstić information content (AvgIpc) is 2.91. The standard InChI is InChI=1S/C30H34N2O6/c1-20(2)32(27-7-5-4-6-25(27)19-33)30(37)31-26-14-12-22(13-15-26)21-8-10-23(11-9-21)28(34)18-24(29(35)36)16-17-38-3/h4-15,20,24,33H,16-19H2,1-3H3,(H,31,37)(H,35,36). The Labute approximate surface area is 222 Å². The molecule has 200 valence electrons. The van der Waals surface area contributed by atoms with Crippen LogP contribution >= 0.6 is 0 Å². The van der Waals surface area contributed by atoms with Crippen molar-refractivity contribution in [1.29, 1.82) is 0 Å². The number of amides is 2. The summed E-state index contributed by atoms with van der Waals surface area (Å²) in [6.45, 7) is 3.93. The molecule has 0 aromatic heterocycles. The normalized spacial score (nSPS) is 11.7. The summed E-state index contributed by atoms with van der Waals surface area (Å²) >= 11 is 0. The number of carboxylic acids is 1. The first-order valence-corrected chi connectivity index (χ1v) is 12.5. The Morgan fingerprint density at radius 1 is 0.921 bits per heavy atom. The molecule has 0 saturated carbocycles. The summed E-state index contributed by atoms with van der Waals surface area (Å²) in [5.41, 5.74) is 4.18. The molecule has 1 unspecified atom stereocenters. The van der Waals surface area contributed by atoms with E-state index in [1.165, 1.54) is 7.11 Å². The number of nitrogens with zero attached hydrogens (tertiary/aromatic N) is 1. The van der Waals surface area contributed by atoms with E-state index in [1.54, 1.807) is 35.2 Å². The number of para-hydroxylation sites is 1. The minimum Gasteiger partial charge on any atom is -0.481 e. The fourth-order valence-electron chi connectivity index (χ4n) is 4.19. The lowest BCUT2D eigenvalue weighted by Crippen LogP contribution is -2.40. The van der Waals surface area contributed by atoms with Gasteiger partial charge in [0.2, 0.25) is 0 Å². The van der Waals surface area contributed by atoms with Crippen molar-refractivity contribution in [2.45, 2.75) is 39.3 Å². The van der Waals surface area contributed by atoms with Crippen molar-refractivity contribution in [3.63, 3.8) is 0 Å². The summed E-state index contributed by atoms with van der Waals surface area (Å²) < 4.78 is 4.95. The molecule has 0 heterocycles. The molecule has 0 aliphatic rings. The summed E-state index contributed by atoms with van der Waals surface area (Å²) in [7, 11) is 1.50. The van der Waals surface area contributed by atoms with E-state index >= 15 is 0 Å². The predicted molar refractivity (Wildman–Crippen MR) is 147 cm³/mol. The number of aliphatic hydroxyl groups excluding tert-OH is 1. The van der Waals surface area contributed by atoms with Crippen molar-refractivity contribution in [3.05, 3.63) is 83.9 Å². The first kappa shape index (κ1) is 28.6. The third kappa shape index (κ3) is 7.27. The van der Waals surface area contributed by atoms with Crippen molar-refractivity contribution in [3.8, 4) is 11.1 Å². The number of Topliss-reactive ketones (excluding diaryl/α,β-unsaturated/α-hetero) is 1. The van der Waals surface area contributed by atoms with Crippen molar-refractivity contribution >= 4 is 29.2 Å². The van der Waals surface area contributed by atoms with Gasteiger partial charge in [-0.15, -0.1) is 0 Å². The van der Waals surface area contributed by atoms with Crippen molar-refractivity contribution in [2.75, 3.05) is 23.9 Å². The topological polar surface area (TPSA) is 116 Å². The van der Waals surface area contributed by atoms with Crippen molar-refractivity contribution in [2.24, 2.45) is 5.92 Å². The van der Waals surface area contributed by atoms with E-state index in [1.807, 2.05) is 56.3 Å². The van der Waals surface area contributed by atoms with Crippen LogP contribution in [-0.4, -0.2) is 47.8 Å². The molecule has 0 fully saturated rings. The van der Waals surface area contributed by atoms with Gasteiger partial charge in [-0.1, -0.05) is 54.6 Å². The van der Waals surface area contributed by atoms with Crippen LogP contribution in [0.25, 0.3) is 11.1 Å². The highest BCUT2D eigenvalue weighted by Gasteiger charge is 2.23. The van der Waals surface area contributed by atoms with Gasteiger partial charge < -0.3 is 20.3 Å². The average molecular weight is 519 g/mol. The van der Waals surface area contributed by atoms with Crippen LogP contribution in [0.15, 0.2) is 72.8 Å². The SMILES string of the molecule is COCCC(CC(=O)c1ccc(-c2ccc(NC(=O)N(c3ccccc3CO)C(C)C)cc2)cc1)C(=O)O. The van der Waals surface area contributed by atoms with Gasteiger partial charge in [-0.2, -0.15) is 0 Å². The molecule has 8 nitrogen and oxygen atoms in total. The summed E-state index contributed by atoms with van der Waals surface area (Å²) in [5.74, 6) is -2.02. The van der Waals surface area contributed by atoms with E-state index in [4.69, 9.17) is 4.74 Å². The highest BCUT2D eigenvalue weighted by atomic mass is 16.5. The highest BCUT2D eigenvalue weighted by molar-refractivity contribution is 6.02. The lowest BCUT2D eigenvalue weighted by Gasteiger charge is -2.28. The van der Waals surface area contributed by atoms with Crippen LogP contribution in [-0.2, 0) is 16.1 Å². The van der Waals surface area contributed by atoms with Crippen molar-refractivity contribution < 1.29 is 29.3 Å². The van der Waals surface area contributed by atoms with Gasteiger partial charge in [0.1, 0.15) is 0 Å². The number of benzene rings is 3. The number of methoxy groups -OCH3 is 1. The van der Waals surface area contributed by atoms with Crippen LogP contribution in [0, 0.1) is 5.92 Å². The third-order valence-electron chi connectivity index (χ3n) is 6.28. The molecular weight excluding hydrogens is 484 g/mol. The molecule has 0 aliphatic heterocycles. The number of anilines is 2. The fraction of sp³-hybridized carbons (Fsp3) is 0.300. The molecule has 38 heavy (non-hydrogen) atoms. The number of rotatable bonds is 12. The van der Waals surface area contributed by atoms with Gasteiger partial charge in [-0.25, -0.2) is 4.79 Å². The predicted octanol–water partition coefficient (Wildman–Crippen LogP) is 5.60. The molecule has 3 aromatic carbocycles. The van der Waals surface area contributed by atoms with Gasteiger partial charge in [0, 0.05) is 43.0 Å². The monoisotopic (exact) mass is 518 g/mol. The van der Waals surface area contributed by atoms with Gasteiger partial charge in [-0.05, 0) is 49.6 Å². The second kappa shape index (κ2) is 13.5. The van der Waals surface area contributed by atoms with Gasteiger partial charge >= 0.3 is 12.0 Å². The van der Waals surface area contributed by atoms with E-state index in [9.17, 15) is 24.6 Å². The number of carbonyl (C=O) groups is 3. The van der Waals surface area contributed by atoms with Crippen LogP contribution in [0.5, 0.6) is 0 Å². The Bertz CT molecular complexity index is 1240. The zero-order valence-electron chi connectivity index (χ0n) is 21.9. The molecule has 0 radical (unpaired) electrons. The number of ether oxygens (including phenoxy) is 1. The van der Waals surface area contributed by atoms with Crippen LogP contribution in [0.1, 0.15) is 42.6 Å². The number of hydrogen-bond acceptors (Lipinski definition) is 5. The summed E-state index contributed by atoms with van der Waals surface area (Å²) in [5, 5.41) is 22.0. The molecule has 0 bridgehead atoms. The first-order chi connectivity index (χ1) is 18.2. The first-order valence-electron chi connectivity index (χ1n) is 12.5. The molecule has 0 spiro atoms. The van der Waals surface area contributed by atoms with E-state index in [2.05, 4.69) is 5.32 Å². The quantitative estimate of drug-likeness (QED) is 0.269. The largest absolute Gasteiger partial charge is 0.481 e. The number of nitrogens with one attached hydrogen (secondary N) is 1. The van der Waals surface area contributed by atoms with Gasteiger partial charge in [0.05, 0.1) is 18.2 Å². The zero-order valence-corrected chi connectivity index (χ0v) is 21.9. The second-order valence-corrected chi connectivity index (χ2v) is 9.28. The summed E-state index contributed by atoms with van der Waals surface area (Å²) in [6, 6.07) is 21.2. The van der Waals surface area contributed by atoms with E-state index < -0.39 is 11.9 Å². The Balaban J connectivity index is 1.68. The molecule has 2 amide bonds. The van der Waals surface area contributed by atoms with Crippen LogP contribution in [0.2, 0.25) is 0 Å². The Hall–Kier alpha value is -4.01. The zero-order chi connectivity index (χ0) is 27.7. The molecule has 1 atom stereocenters. The summed E-state index contributed by atoms with van der Waals surface area (Å²) in [6.07, 6.45) is 0.198. The maximum atomic E-state index is 13.1. The second-order valence-electron chi connectivity index (χ2n) is 9.28. The maximum absolute atomic E-state index is 13.1. The van der Waals surface area contributed by atoms with Crippen LogP contribution in [0.4, 0.5) is 16.2 Å².